The van der Waals surface area contributed by atoms with Crippen LogP contribution in [0, 0.1) is 5.82 Å². The molecular formula is C30H27FN2O3. The number of halogens is 1. The minimum atomic E-state index is -0.308. The summed E-state index contributed by atoms with van der Waals surface area (Å²) < 4.78 is 18.3. The monoisotopic (exact) mass is 482 g/mol. The molecule has 6 heteroatoms. The number of methoxy groups -OCH3 is 1. The van der Waals surface area contributed by atoms with Gasteiger partial charge in [-0.1, -0.05) is 54.6 Å². The molecule has 4 rings (SSSR count). The number of carbonyl (C=O) groups is 2. The molecule has 5 nitrogen and oxygen atoms in total. The first-order chi connectivity index (χ1) is 17.5. The van der Waals surface area contributed by atoms with Crippen molar-refractivity contribution >= 4 is 17.5 Å². The Balaban J connectivity index is 1.46. The van der Waals surface area contributed by atoms with Crippen LogP contribution in [0.4, 0.5) is 10.1 Å². The Kier molecular flexibility index (Phi) is 8.08. The average Bonchev–Trinajstić information content (AvgIpc) is 2.92. The highest BCUT2D eigenvalue weighted by molar-refractivity contribution is 6.06. The molecule has 0 bridgehead atoms. The van der Waals surface area contributed by atoms with Gasteiger partial charge in [-0.25, -0.2) is 4.39 Å². The summed E-state index contributed by atoms with van der Waals surface area (Å²) in [6.07, 6.45) is 0.201. The van der Waals surface area contributed by atoms with E-state index in [4.69, 9.17) is 4.74 Å². The minimum Gasteiger partial charge on any atom is -0.497 e. The van der Waals surface area contributed by atoms with Gasteiger partial charge in [0.2, 0.25) is 5.91 Å². The zero-order valence-corrected chi connectivity index (χ0v) is 20.0. The maximum absolute atomic E-state index is 13.4. The molecule has 0 aliphatic carbocycles. The van der Waals surface area contributed by atoms with Crippen LogP contribution in [0.15, 0.2) is 103 Å². The number of rotatable bonds is 9. The molecule has 0 unspecified atom stereocenters. The molecule has 0 fully saturated rings. The second-order valence-electron chi connectivity index (χ2n) is 8.35. The van der Waals surface area contributed by atoms with E-state index >= 15 is 0 Å². The second-order valence-corrected chi connectivity index (χ2v) is 8.35. The molecule has 4 aromatic carbocycles. The van der Waals surface area contributed by atoms with Crippen molar-refractivity contribution in [2.45, 2.75) is 19.5 Å². The number of nitrogens with one attached hydrogen (secondary N) is 1. The van der Waals surface area contributed by atoms with Gasteiger partial charge in [-0.2, -0.15) is 0 Å². The fraction of sp³-hybridized carbons (Fsp3) is 0.133. The third kappa shape index (κ3) is 6.57. The molecule has 0 spiro atoms. The fourth-order valence-corrected chi connectivity index (χ4v) is 3.77. The number of carbonyl (C=O) groups excluding carboxylic acids is 2. The van der Waals surface area contributed by atoms with E-state index < -0.39 is 0 Å². The molecule has 0 aromatic heterocycles. The molecule has 0 aliphatic heterocycles. The highest BCUT2D eigenvalue weighted by atomic mass is 19.1. The number of benzene rings is 4. The van der Waals surface area contributed by atoms with E-state index in [-0.39, 0.29) is 24.1 Å². The lowest BCUT2D eigenvalue weighted by molar-refractivity contribution is -0.120. The van der Waals surface area contributed by atoms with Gasteiger partial charge in [-0.15, -0.1) is 0 Å². The number of hydrogen-bond donors (Lipinski definition) is 1. The number of nitrogens with zero attached hydrogens (tertiary/aromatic N) is 1. The van der Waals surface area contributed by atoms with Crippen molar-refractivity contribution in [2.75, 3.05) is 12.0 Å². The SMILES string of the molecule is COc1ccc(CN(C(=O)c2ccccc2)c2ccc(CC(=O)NCc3ccc(F)cc3)cc2)cc1. The summed E-state index contributed by atoms with van der Waals surface area (Å²) in [4.78, 5) is 27.5. The van der Waals surface area contributed by atoms with E-state index in [2.05, 4.69) is 5.32 Å². The maximum Gasteiger partial charge on any atom is 0.258 e. The van der Waals surface area contributed by atoms with Crippen molar-refractivity contribution < 1.29 is 18.7 Å². The Morgan fingerprint density at radius 2 is 1.39 bits per heavy atom. The predicted octanol–water partition coefficient (Wildman–Crippen LogP) is 5.54. The number of ether oxygens (including phenoxy) is 1. The smallest absolute Gasteiger partial charge is 0.258 e. The number of hydrogen-bond acceptors (Lipinski definition) is 3. The summed E-state index contributed by atoms with van der Waals surface area (Å²) in [6.45, 7) is 0.716. The third-order valence-electron chi connectivity index (χ3n) is 5.78. The molecule has 36 heavy (non-hydrogen) atoms. The number of amides is 2. The first-order valence-corrected chi connectivity index (χ1v) is 11.6. The van der Waals surface area contributed by atoms with Crippen LogP contribution in [0.3, 0.4) is 0 Å². The highest BCUT2D eigenvalue weighted by Gasteiger charge is 2.18. The fourth-order valence-electron chi connectivity index (χ4n) is 3.77. The van der Waals surface area contributed by atoms with Crippen LogP contribution in [0.25, 0.3) is 0 Å². The van der Waals surface area contributed by atoms with Crippen molar-refractivity contribution in [1.29, 1.82) is 0 Å². The molecule has 0 radical (unpaired) electrons. The van der Waals surface area contributed by atoms with Gasteiger partial charge < -0.3 is 15.0 Å². The Hall–Kier alpha value is -4.45. The molecule has 0 atom stereocenters. The molecule has 4 aromatic rings. The van der Waals surface area contributed by atoms with Gasteiger partial charge in [-0.05, 0) is 65.2 Å². The molecule has 0 aliphatic rings. The zero-order valence-electron chi connectivity index (χ0n) is 20.0. The summed E-state index contributed by atoms with van der Waals surface area (Å²) in [7, 11) is 1.62. The van der Waals surface area contributed by atoms with Gasteiger partial charge in [0.15, 0.2) is 0 Å². The standard InChI is InChI=1S/C30H27FN2O3/c1-36-28-17-11-24(12-18-28)21-33(30(35)25-5-3-2-4-6-25)27-15-9-22(10-16-27)19-29(34)32-20-23-7-13-26(31)14-8-23/h2-18H,19-21H2,1H3,(H,32,34). The molecule has 182 valence electrons. The van der Waals surface area contributed by atoms with Crippen molar-refractivity contribution in [1.82, 2.24) is 5.32 Å². The zero-order chi connectivity index (χ0) is 25.3. The van der Waals surface area contributed by atoms with Gasteiger partial charge in [0.25, 0.3) is 5.91 Å². The van der Waals surface area contributed by atoms with E-state index in [0.29, 0.717) is 18.7 Å². The van der Waals surface area contributed by atoms with Crippen LogP contribution < -0.4 is 15.0 Å². The van der Waals surface area contributed by atoms with Crippen LogP contribution >= 0.6 is 0 Å². The lowest BCUT2D eigenvalue weighted by Crippen LogP contribution is -2.30. The summed E-state index contributed by atoms with van der Waals surface area (Å²) in [5.74, 6) is 0.192. The average molecular weight is 483 g/mol. The van der Waals surface area contributed by atoms with Gasteiger partial charge in [0.1, 0.15) is 11.6 Å². The lowest BCUT2D eigenvalue weighted by Gasteiger charge is -2.23. The summed E-state index contributed by atoms with van der Waals surface area (Å²) in [5, 5.41) is 2.85. The lowest BCUT2D eigenvalue weighted by atomic mass is 10.1. The van der Waals surface area contributed by atoms with Crippen molar-refractivity contribution in [3.63, 3.8) is 0 Å². The van der Waals surface area contributed by atoms with Crippen molar-refractivity contribution in [3.8, 4) is 5.75 Å². The van der Waals surface area contributed by atoms with Crippen LogP contribution in [-0.4, -0.2) is 18.9 Å². The van der Waals surface area contributed by atoms with Crippen LogP contribution in [0.1, 0.15) is 27.0 Å². The molecule has 0 saturated heterocycles. The summed E-state index contributed by atoms with van der Waals surface area (Å²) >= 11 is 0. The normalized spacial score (nSPS) is 10.5. The molecule has 1 N–H and O–H groups in total. The van der Waals surface area contributed by atoms with Crippen molar-refractivity contribution in [3.05, 3.63) is 131 Å². The van der Waals surface area contributed by atoms with E-state index in [0.717, 1.165) is 28.1 Å². The molecule has 0 heterocycles. The Labute approximate surface area is 210 Å². The Morgan fingerprint density at radius 1 is 0.778 bits per heavy atom. The van der Waals surface area contributed by atoms with Gasteiger partial charge >= 0.3 is 0 Å². The predicted molar refractivity (Wildman–Crippen MR) is 138 cm³/mol. The maximum atomic E-state index is 13.4. The minimum absolute atomic E-state index is 0.115. The van der Waals surface area contributed by atoms with Gasteiger partial charge in [0.05, 0.1) is 20.1 Å². The van der Waals surface area contributed by atoms with Crippen LogP contribution in [0.2, 0.25) is 0 Å². The highest BCUT2D eigenvalue weighted by Crippen LogP contribution is 2.22. The van der Waals surface area contributed by atoms with E-state index in [9.17, 15) is 14.0 Å². The first-order valence-electron chi connectivity index (χ1n) is 11.6. The Bertz CT molecular complexity index is 1290. The van der Waals surface area contributed by atoms with E-state index in [1.54, 1.807) is 36.3 Å². The first kappa shape index (κ1) is 24.7. The second kappa shape index (κ2) is 11.8. The van der Waals surface area contributed by atoms with Gasteiger partial charge in [0, 0.05) is 17.8 Å². The van der Waals surface area contributed by atoms with Crippen LogP contribution in [-0.2, 0) is 24.3 Å². The molecule has 0 saturated carbocycles. The molecular weight excluding hydrogens is 455 g/mol. The van der Waals surface area contributed by atoms with E-state index in [1.165, 1.54) is 12.1 Å². The summed E-state index contributed by atoms with van der Waals surface area (Å²) in [6, 6.07) is 30.2. The van der Waals surface area contributed by atoms with E-state index in [1.807, 2.05) is 66.7 Å². The quantitative estimate of drug-likeness (QED) is 0.341. The summed E-state index contributed by atoms with van der Waals surface area (Å²) in [5.41, 5.74) is 3.94. The topological polar surface area (TPSA) is 58.6 Å². The van der Waals surface area contributed by atoms with Crippen LogP contribution in [0.5, 0.6) is 5.75 Å². The third-order valence-corrected chi connectivity index (χ3v) is 5.78. The van der Waals surface area contributed by atoms with Gasteiger partial charge in [-0.3, -0.25) is 9.59 Å². The largest absolute Gasteiger partial charge is 0.497 e. The number of anilines is 1. The Morgan fingerprint density at radius 3 is 2.03 bits per heavy atom. The molecule has 2 amide bonds. The van der Waals surface area contributed by atoms with Crippen molar-refractivity contribution in [2.24, 2.45) is 0 Å².